The summed E-state index contributed by atoms with van der Waals surface area (Å²) in [6.07, 6.45) is 0. The fraction of sp³-hybridized carbons (Fsp3) is 0. The molecule has 2 nitrogen and oxygen atoms in total. The van der Waals surface area contributed by atoms with Crippen LogP contribution in [0.5, 0.6) is 0 Å². The average Bonchev–Trinajstić information content (AvgIpc) is 3.48. The molecule has 0 amide bonds. The van der Waals surface area contributed by atoms with Gasteiger partial charge in [0.15, 0.2) is 0 Å². The maximum Gasteiger partial charge on any atom is 0.143 e. The highest BCUT2D eigenvalue weighted by molar-refractivity contribution is 6.20. The molecule has 0 aliphatic heterocycles. The molecule has 0 aliphatic rings. The summed E-state index contributed by atoms with van der Waals surface area (Å²) < 4.78 is 6.47. The second kappa shape index (κ2) is 9.86. The Morgan fingerprint density at radius 3 is 1.91 bits per heavy atom. The summed E-state index contributed by atoms with van der Waals surface area (Å²) in [5, 5.41) is 9.47. The van der Waals surface area contributed by atoms with Crippen LogP contribution in [0.15, 0.2) is 168 Å². The van der Waals surface area contributed by atoms with Crippen LogP contribution in [-0.2, 0) is 0 Å². The second-order valence-electron chi connectivity index (χ2n) is 11.4. The molecule has 44 heavy (non-hydrogen) atoms. The van der Waals surface area contributed by atoms with Crippen molar-refractivity contribution in [2.45, 2.75) is 0 Å². The Labute approximate surface area is 255 Å². The summed E-state index contributed by atoms with van der Waals surface area (Å²) in [4.78, 5) is 2.41. The first-order valence-corrected chi connectivity index (χ1v) is 15.0. The van der Waals surface area contributed by atoms with Crippen molar-refractivity contribution >= 4 is 71.3 Å². The number of rotatable bonds is 4. The third kappa shape index (κ3) is 3.89. The molecule has 0 spiro atoms. The number of fused-ring (bicyclic) bond motifs is 8. The lowest BCUT2D eigenvalue weighted by molar-refractivity contribution is 0.672. The predicted octanol–water partition coefficient (Wildman–Crippen LogP) is 12.2. The van der Waals surface area contributed by atoms with Crippen LogP contribution in [0.3, 0.4) is 0 Å². The molecule has 1 heterocycles. The fourth-order valence-corrected chi connectivity index (χ4v) is 6.73. The van der Waals surface area contributed by atoms with Gasteiger partial charge in [-0.15, -0.1) is 0 Å². The number of para-hydroxylation sites is 1. The Morgan fingerprint density at radius 1 is 0.364 bits per heavy atom. The molecule has 206 valence electrons. The zero-order chi connectivity index (χ0) is 29.0. The van der Waals surface area contributed by atoms with Gasteiger partial charge in [-0.1, -0.05) is 127 Å². The Morgan fingerprint density at radius 2 is 1.02 bits per heavy atom. The van der Waals surface area contributed by atoms with E-state index >= 15 is 0 Å². The lowest BCUT2D eigenvalue weighted by Crippen LogP contribution is -2.10. The Balaban J connectivity index is 1.35. The quantitative estimate of drug-likeness (QED) is 0.199. The van der Waals surface area contributed by atoms with Gasteiger partial charge in [0.25, 0.3) is 0 Å². The molecule has 9 rings (SSSR count). The fourth-order valence-electron chi connectivity index (χ4n) is 6.73. The first-order valence-electron chi connectivity index (χ1n) is 15.0. The average molecular weight is 562 g/mol. The minimum absolute atomic E-state index is 0.903. The SMILES string of the molecule is c1ccc(-c2cccc(N(c3ccc4c(ccc5ccccc54)c3)c3cc4c5ccccc5oc4c4ccccc34)c2)cc1. The van der Waals surface area contributed by atoms with Crippen molar-refractivity contribution in [1.82, 2.24) is 0 Å². The molecule has 0 atom stereocenters. The number of hydrogen-bond acceptors (Lipinski definition) is 2. The molecule has 0 saturated heterocycles. The second-order valence-corrected chi connectivity index (χ2v) is 11.4. The molecule has 1 aromatic heterocycles. The minimum atomic E-state index is 0.903. The van der Waals surface area contributed by atoms with E-state index in [0.717, 1.165) is 49.8 Å². The zero-order valence-electron chi connectivity index (χ0n) is 23.9. The topological polar surface area (TPSA) is 16.4 Å². The summed E-state index contributed by atoms with van der Waals surface area (Å²) in [5.41, 5.74) is 7.53. The summed E-state index contributed by atoms with van der Waals surface area (Å²) in [6, 6.07) is 58.6. The highest BCUT2D eigenvalue weighted by atomic mass is 16.3. The molecule has 0 bridgehead atoms. The molecule has 0 saturated carbocycles. The van der Waals surface area contributed by atoms with E-state index in [-0.39, 0.29) is 0 Å². The zero-order valence-corrected chi connectivity index (χ0v) is 23.9. The van der Waals surface area contributed by atoms with Crippen LogP contribution in [-0.4, -0.2) is 0 Å². The normalized spacial score (nSPS) is 11.6. The van der Waals surface area contributed by atoms with E-state index in [0.29, 0.717) is 0 Å². The molecule has 9 aromatic rings. The van der Waals surface area contributed by atoms with Gasteiger partial charge in [-0.3, -0.25) is 0 Å². The maximum atomic E-state index is 6.47. The van der Waals surface area contributed by atoms with Crippen molar-refractivity contribution in [3.63, 3.8) is 0 Å². The molecule has 2 heteroatoms. The number of furan rings is 1. The van der Waals surface area contributed by atoms with E-state index in [2.05, 4.69) is 163 Å². The van der Waals surface area contributed by atoms with E-state index in [1.54, 1.807) is 0 Å². The van der Waals surface area contributed by atoms with E-state index in [1.165, 1.54) is 32.7 Å². The first kappa shape index (κ1) is 24.7. The molecule has 0 unspecified atom stereocenters. The van der Waals surface area contributed by atoms with Gasteiger partial charge in [-0.2, -0.15) is 0 Å². The van der Waals surface area contributed by atoms with Crippen LogP contribution in [0, 0.1) is 0 Å². The number of benzene rings is 8. The van der Waals surface area contributed by atoms with Crippen LogP contribution in [0.4, 0.5) is 17.1 Å². The van der Waals surface area contributed by atoms with Crippen molar-refractivity contribution < 1.29 is 4.42 Å². The molecular weight excluding hydrogens is 534 g/mol. The third-order valence-corrected chi connectivity index (χ3v) is 8.80. The van der Waals surface area contributed by atoms with Crippen molar-refractivity contribution in [3.05, 3.63) is 164 Å². The maximum absolute atomic E-state index is 6.47. The molecule has 0 aliphatic carbocycles. The molecular formula is C42H27NO. The van der Waals surface area contributed by atoms with Gasteiger partial charge in [-0.05, 0) is 69.1 Å². The van der Waals surface area contributed by atoms with E-state index < -0.39 is 0 Å². The Hall–Kier alpha value is -5.86. The lowest BCUT2D eigenvalue weighted by atomic mass is 9.99. The number of nitrogens with zero attached hydrogens (tertiary/aromatic N) is 1. The smallest absolute Gasteiger partial charge is 0.143 e. The number of hydrogen-bond donors (Lipinski definition) is 0. The molecule has 0 radical (unpaired) electrons. The predicted molar refractivity (Wildman–Crippen MR) is 186 cm³/mol. The van der Waals surface area contributed by atoms with Crippen molar-refractivity contribution in [2.75, 3.05) is 4.90 Å². The summed E-state index contributed by atoms with van der Waals surface area (Å²) in [5.74, 6) is 0. The highest BCUT2D eigenvalue weighted by Gasteiger charge is 2.21. The summed E-state index contributed by atoms with van der Waals surface area (Å²) >= 11 is 0. The molecule has 0 fully saturated rings. The summed E-state index contributed by atoms with van der Waals surface area (Å²) in [7, 11) is 0. The van der Waals surface area contributed by atoms with Crippen LogP contribution in [0.25, 0.3) is 65.4 Å². The van der Waals surface area contributed by atoms with E-state index in [4.69, 9.17) is 4.42 Å². The van der Waals surface area contributed by atoms with Gasteiger partial charge in [0.05, 0.1) is 5.69 Å². The lowest BCUT2D eigenvalue weighted by Gasteiger charge is -2.28. The van der Waals surface area contributed by atoms with E-state index in [1.807, 2.05) is 6.07 Å². The van der Waals surface area contributed by atoms with Crippen LogP contribution < -0.4 is 4.90 Å². The summed E-state index contributed by atoms with van der Waals surface area (Å²) in [6.45, 7) is 0. The molecule has 8 aromatic carbocycles. The van der Waals surface area contributed by atoms with Gasteiger partial charge >= 0.3 is 0 Å². The van der Waals surface area contributed by atoms with Crippen LogP contribution >= 0.6 is 0 Å². The number of anilines is 3. The Bertz CT molecular complexity index is 2510. The van der Waals surface area contributed by atoms with Gasteiger partial charge < -0.3 is 9.32 Å². The minimum Gasteiger partial charge on any atom is -0.455 e. The van der Waals surface area contributed by atoms with Gasteiger partial charge in [0, 0.05) is 32.9 Å². The van der Waals surface area contributed by atoms with Crippen LogP contribution in [0.1, 0.15) is 0 Å². The van der Waals surface area contributed by atoms with Crippen molar-refractivity contribution in [1.29, 1.82) is 0 Å². The van der Waals surface area contributed by atoms with Gasteiger partial charge in [-0.25, -0.2) is 0 Å². The van der Waals surface area contributed by atoms with Gasteiger partial charge in [0.2, 0.25) is 0 Å². The first-order chi connectivity index (χ1) is 21.8. The standard InChI is InChI=1S/C42H27NO/c1-2-11-28(12-3-1)30-14-10-15-32(25-30)43(33-23-24-35-31(26-33)22-21-29-13-4-5-16-34(29)35)40-27-39-37-18-8-9-20-41(37)44-42(39)38-19-7-6-17-36(38)40/h1-27H. The monoisotopic (exact) mass is 561 g/mol. The van der Waals surface area contributed by atoms with E-state index in [9.17, 15) is 0 Å². The van der Waals surface area contributed by atoms with Crippen molar-refractivity contribution in [3.8, 4) is 11.1 Å². The largest absolute Gasteiger partial charge is 0.455 e. The van der Waals surface area contributed by atoms with Crippen molar-refractivity contribution in [2.24, 2.45) is 0 Å². The third-order valence-electron chi connectivity index (χ3n) is 8.80. The van der Waals surface area contributed by atoms with Gasteiger partial charge in [0.1, 0.15) is 11.2 Å². The van der Waals surface area contributed by atoms with Crippen LogP contribution in [0.2, 0.25) is 0 Å². The Kier molecular flexibility index (Phi) is 5.54. The molecule has 0 N–H and O–H groups in total. The highest BCUT2D eigenvalue weighted by Crippen LogP contribution is 2.45.